The van der Waals surface area contributed by atoms with Gasteiger partial charge in [0.05, 0.1) is 11.6 Å². The largest absolute Gasteiger partial charge is 0.454 e. The fourth-order valence-corrected chi connectivity index (χ4v) is 4.69. The van der Waals surface area contributed by atoms with Crippen molar-refractivity contribution in [1.29, 1.82) is 0 Å². The Kier molecular flexibility index (Phi) is 5.18. The average molecular weight is 487 g/mol. The number of halogens is 1. The zero-order chi connectivity index (χ0) is 23.9. The minimum Gasteiger partial charge on any atom is -0.454 e. The van der Waals surface area contributed by atoms with E-state index in [1.54, 1.807) is 6.07 Å². The fourth-order valence-electron chi connectivity index (χ4n) is 4.33. The molecule has 2 aliphatic heterocycles. The second-order valence-corrected chi connectivity index (χ2v) is 8.49. The van der Waals surface area contributed by atoms with Crippen LogP contribution in [0.3, 0.4) is 0 Å². The summed E-state index contributed by atoms with van der Waals surface area (Å²) < 4.78 is 30.8. The molecule has 1 N–H and O–H groups in total. The number of hydrogen-bond donors (Lipinski definition) is 1. The van der Waals surface area contributed by atoms with Crippen LogP contribution in [0.5, 0.6) is 11.5 Å². The molecule has 0 saturated heterocycles. The van der Waals surface area contributed by atoms with Crippen LogP contribution in [0.2, 0.25) is 0 Å². The Bertz CT molecular complexity index is 1470. The molecule has 3 aromatic carbocycles. The Morgan fingerprint density at radius 1 is 1.00 bits per heavy atom. The number of aromatic nitrogens is 2. The molecule has 0 aliphatic carbocycles. The Hall–Kier alpha value is -4.24. The minimum absolute atomic E-state index is 0.179. The molecule has 3 heterocycles. The number of rotatable bonds is 4. The molecule has 0 fully saturated rings. The number of allylic oxidation sites excluding steroid dienone is 1. The molecule has 35 heavy (non-hydrogen) atoms. The van der Waals surface area contributed by atoms with Gasteiger partial charge in [0, 0.05) is 16.9 Å². The highest BCUT2D eigenvalue weighted by atomic mass is 32.1. The maximum Gasteiger partial charge on any atom is 0.258 e. The van der Waals surface area contributed by atoms with Gasteiger partial charge in [-0.3, -0.25) is 4.90 Å². The second-order valence-electron chi connectivity index (χ2n) is 8.10. The highest BCUT2D eigenvalue weighted by Gasteiger charge is 2.35. The third-order valence-electron chi connectivity index (χ3n) is 5.97. The van der Waals surface area contributed by atoms with Crippen molar-refractivity contribution in [3.8, 4) is 22.9 Å². The summed E-state index contributed by atoms with van der Waals surface area (Å²) in [6.45, 7) is 2.12. The minimum atomic E-state index is -0.483. The Morgan fingerprint density at radius 3 is 2.66 bits per heavy atom. The second kappa shape index (κ2) is 8.52. The van der Waals surface area contributed by atoms with Crippen molar-refractivity contribution >= 4 is 28.6 Å². The number of fused-ring (bicyclic) bond motifs is 1. The quantitative estimate of drug-likeness (QED) is 0.381. The first-order chi connectivity index (χ1) is 17.1. The predicted octanol–water partition coefficient (Wildman–Crippen LogP) is 5.47. The van der Waals surface area contributed by atoms with Crippen LogP contribution in [0.25, 0.3) is 17.0 Å². The van der Waals surface area contributed by atoms with Gasteiger partial charge in [-0.25, -0.2) is 4.39 Å². The first-order valence-electron chi connectivity index (χ1n) is 10.9. The molecule has 0 bridgehead atoms. The maximum atomic E-state index is 14.2. The van der Waals surface area contributed by atoms with Gasteiger partial charge in [-0.1, -0.05) is 35.5 Å². The van der Waals surface area contributed by atoms with E-state index >= 15 is 0 Å². The maximum absolute atomic E-state index is 14.2. The average Bonchev–Trinajstić information content (AvgIpc) is 3.54. The third-order valence-corrected chi connectivity index (χ3v) is 6.27. The van der Waals surface area contributed by atoms with Crippen molar-refractivity contribution in [3.63, 3.8) is 0 Å². The van der Waals surface area contributed by atoms with Gasteiger partial charge in [0.25, 0.3) is 5.89 Å². The van der Waals surface area contributed by atoms with E-state index in [1.807, 2.05) is 66.4 Å². The van der Waals surface area contributed by atoms with Crippen molar-refractivity contribution < 1.29 is 18.4 Å². The smallest absolute Gasteiger partial charge is 0.258 e. The molecular formula is C26H19FN4O3S. The van der Waals surface area contributed by atoms with Crippen molar-refractivity contribution in [2.45, 2.75) is 13.0 Å². The van der Waals surface area contributed by atoms with Gasteiger partial charge in [0.1, 0.15) is 5.82 Å². The first kappa shape index (κ1) is 21.3. The Balaban J connectivity index is 1.48. The van der Waals surface area contributed by atoms with E-state index in [1.165, 1.54) is 12.1 Å². The van der Waals surface area contributed by atoms with Crippen molar-refractivity contribution in [2.75, 3.05) is 11.7 Å². The van der Waals surface area contributed by atoms with Crippen LogP contribution in [0.1, 0.15) is 24.4 Å². The van der Waals surface area contributed by atoms with Gasteiger partial charge in [0.2, 0.25) is 12.6 Å². The van der Waals surface area contributed by atoms with E-state index in [2.05, 4.69) is 10.5 Å². The van der Waals surface area contributed by atoms with Crippen LogP contribution in [-0.2, 0) is 0 Å². The third kappa shape index (κ3) is 3.79. The lowest BCUT2D eigenvalue weighted by molar-refractivity contribution is 0.174. The predicted molar refractivity (Wildman–Crippen MR) is 132 cm³/mol. The molecule has 0 saturated carbocycles. The SMILES string of the molecule is CC1=C(c2nc(-c3ccc4c(c3)OCO4)no2)C(c2cccc(F)c2)NC(=S)N1c1ccccc1. The van der Waals surface area contributed by atoms with E-state index in [9.17, 15) is 4.39 Å². The zero-order valence-corrected chi connectivity index (χ0v) is 19.4. The van der Waals surface area contributed by atoms with Crippen molar-refractivity contribution in [2.24, 2.45) is 0 Å². The van der Waals surface area contributed by atoms with Crippen molar-refractivity contribution in [1.82, 2.24) is 15.5 Å². The van der Waals surface area contributed by atoms with Crippen LogP contribution in [-0.4, -0.2) is 22.0 Å². The topological polar surface area (TPSA) is 72.6 Å². The van der Waals surface area contributed by atoms with E-state index in [4.69, 9.17) is 31.2 Å². The lowest BCUT2D eigenvalue weighted by Crippen LogP contribution is -2.46. The molecule has 174 valence electrons. The number of nitrogens with one attached hydrogen (secondary N) is 1. The Labute approximate surface area is 205 Å². The van der Waals surface area contributed by atoms with Crippen LogP contribution in [0.4, 0.5) is 10.1 Å². The zero-order valence-electron chi connectivity index (χ0n) is 18.6. The summed E-state index contributed by atoms with van der Waals surface area (Å²) in [5.41, 5.74) is 3.80. The molecule has 4 aromatic rings. The molecule has 1 aromatic heterocycles. The summed E-state index contributed by atoms with van der Waals surface area (Å²) >= 11 is 5.72. The summed E-state index contributed by atoms with van der Waals surface area (Å²) in [6, 6.07) is 21.1. The van der Waals surface area contributed by atoms with E-state index in [0.717, 1.165) is 16.9 Å². The number of thiocarbonyl (C=S) groups is 1. The number of nitrogens with zero attached hydrogens (tertiary/aromatic N) is 3. The van der Waals surface area contributed by atoms with E-state index < -0.39 is 6.04 Å². The monoisotopic (exact) mass is 486 g/mol. The summed E-state index contributed by atoms with van der Waals surface area (Å²) in [4.78, 5) is 6.60. The number of hydrogen-bond acceptors (Lipinski definition) is 6. The van der Waals surface area contributed by atoms with Crippen LogP contribution >= 0.6 is 12.2 Å². The molecule has 0 amide bonds. The number of anilines is 1. The normalized spacial score (nSPS) is 17.0. The molecule has 2 aliphatic rings. The molecular weight excluding hydrogens is 467 g/mol. The lowest BCUT2D eigenvalue weighted by atomic mass is 9.94. The summed E-state index contributed by atoms with van der Waals surface area (Å²) in [5, 5.41) is 8.04. The Morgan fingerprint density at radius 2 is 1.83 bits per heavy atom. The molecule has 9 heteroatoms. The highest BCUT2D eigenvalue weighted by Crippen LogP contribution is 2.40. The van der Waals surface area contributed by atoms with Gasteiger partial charge >= 0.3 is 0 Å². The van der Waals surface area contributed by atoms with Gasteiger partial charge in [-0.05, 0) is 67.2 Å². The molecule has 7 nitrogen and oxygen atoms in total. The molecule has 1 unspecified atom stereocenters. The number of benzene rings is 3. The number of ether oxygens (including phenoxy) is 2. The van der Waals surface area contributed by atoms with Crippen LogP contribution in [0, 0.1) is 5.82 Å². The van der Waals surface area contributed by atoms with Crippen molar-refractivity contribution in [3.05, 3.63) is 95.8 Å². The lowest BCUT2D eigenvalue weighted by Gasteiger charge is -2.37. The molecule has 1 atom stereocenters. The first-order valence-corrected chi connectivity index (χ1v) is 11.4. The van der Waals surface area contributed by atoms with E-state index in [0.29, 0.717) is 39.5 Å². The molecule has 0 spiro atoms. The summed E-state index contributed by atoms with van der Waals surface area (Å²) in [7, 11) is 0. The molecule has 0 radical (unpaired) electrons. The molecule has 6 rings (SSSR count). The van der Waals surface area contributed by atoms with Gasteiger partial charge in [-0.15, -0.1) is 0 Å². The van der Waals surface area contributed by atoms with Crippen LogP contribution in [0.15, 0.2) is 83.0 Å². The summed E-state index contributed by atoms with van der Waals surface area (Å²) in [5.74, 6) is 1.66. The van der Waals surface area contributed by atoms with E-state index in [-0.39, 0.29) is 12.6 Å². The highest BCUT2D eigenvalue weighted by molar-refractivity contribution is 7.80. The number of para-hydroxylation sites is 1. The van der Waals surface area contributed by atoms with Gasteiger partial charge in [-0.2, -0.15) is 4.98 Å². The standard InChI is InChI=1S/C26H19FN4O3S/c1-15-22(25-29-24(30-34-25)17-10-11-20-21(13-17)33-14-32-20)23(16-6-5-7-18(27)12-16)28-26(35)31(15)19-8-3-2-4-9-19/h2-13,23H,14H2,1H3,(H,28,35). The summed E-state index contributed by atoms with van der Waals surface area (Å²) in [6.07, 6.45) is 0. The van der Waals surface area contributed by atoms with Gasteiger partial charge in [0.15, 0.2) is 16.6 Å². The van der Waals surface area contributed by atoms with Crippen LogP contribution < -0.4 is 19.7 Å². The van der Waals surface area contributed by atoms with Gasteiger partial charge < -0.3 is 19.3 Å². The fraction of sp³-hybridized carbons (Fsp3) is 0.115.